The van der Waals surface area contributed by atoms with Crippen LogP contribution in [-0.4, -0.2) is 29.0 Å². The van der Waals surface area contributed by atoms with Crippen LogP contribution < -0.4 is 10.2 Å². The smallest absolute Gasteiger partial charge is 0.387 e. The summed E-state index contributed by atoms with van der Waals surface area (Å²) in [6, 6.07) is 19.1. The molecule has 0 aliphatic heterocycles. The van der Waals surface area contributed by atoms with Gasteiger partial charge in [-0.05, 0) is 55.5 Å². The lowest BCUT2D eigenvalue weighted by molar-refractivity contribution is -0.146. The number of rotatable bonds is 7. The number of pyridine rings is 1. The molecule has 0 aliphatic rings. The second-order valence-corrected chi connectivity index (χ2v) is 7.35. The Morgan fingerprint density at radius 3 is 1.97 bits per heavy atom. The third-order valence-corrected chi connectivity index (χ3v) is 5.21. The fourth-order valence-corrected chi connectivity index (χ4v) is 3.70. The maximum atomic E-state index is 12.8. The van der Waals surface area contributed by atoms with E-state index >= 15 is 0 Å². The number of ketones is 1. The first-order chi connectivity index (χ1) is 15.8. The molecule has 33 heavy (non-hydrogen) atoms. The molecule has 8 heteroatoms. The average Bonchev–Trinajstić information content (AvgIpc) is 2.81. The van der Waals surface area contributed by atoms with E-state index in [1.54, 1.807) is 53.1 Å². The van der Waals surface area contributed by atoms with Crippen LogP contribution in [-0.2, 0) is 16.1 Å². The molecular formula is C25H19F2NO5. The summed E-state index contributed by atoms with van der Waals surface area (Å²) in [6.07, 6.45) is -1.10. The molecule has 0 bridgehead atoms. The predicted octanol–water partition coefficient (Wildman–Crippen LogP) is 4.57. The Bertz CT molecular complexity index is 1340. The lowest BCUT2D eigenvalue weighted by atomic mass is 10.1. The molecule has 3 aromatic carbocycles. The zero-order valence-corrected chi connectivity index (χ0v) is 17.5. The van der Waals surface area contributed by atoms with E-state index in [2.05, 4.69) is 4.74 Å². The van der Waals surface area contributed by atoms with Gasteiger partial charge in [-0.15, -0.1) is 0 Å². The number of para-hydroxylation sites is 2. The number of carbonyl (C=O) groups excluding carboxylic acids is 2. The predicted molar refractivity (Wildman–Crippen MR) is 119 cm³/mol. The first kappa shape index (κ1) is 22.1. The maximum absolute atomic E-state index is 12.8. The first-order valence-corrected chi connectivity index (χ1v) is 10.1. The topological polar surface area (TPSA) is 74.6 Å². The van der Waals surface area contributed by atoms with Gasteiger partial charge in [-0.3, -0.25) is 14.4 Å². The van der Waals surface area contributed by atoms with Crippen molar-refractivity contribution in [3.05, 3.63) is 88.6 Å². The SMILES string of the molecule is CC(OC(=O)Cn1c2ccccc2c(=O)c2ccccc21)C(=O)c1ccc(OC(F)F)cc1. The number of benzene rings is 3. The fourth-order valence-electron chi connectivity index (χ4n) is 3.70. The van der Waals surface area contributed by atoms with Gasteiger partial charge in [0.1, 0.15) is 12.3 Å². The summed E-state index contributed by atoms with van der Waals surface area (Å²) in [5, 5.41) is 0.943. The first-order valence-electron chi connectivity index (χ1n) is 10.1. The minimum Gasteiger partial charge on any atom is -0.453 e. The minimum absolute atomic E-state index is 0.0804. The average molecular weight is 451 g/mol. The van der Waals surface area contributed by atoms with E-state index in [1.165, 1.54) is 31.2 Å². The maximum Gasteiger partial charge on any atom is 0.387 e. The van der Waals surface area contributed by atoms with Crippen molar-refractivity contribution in [2.24, 2.45) is 0 Å². The van der Waals surface area contributed by atoms with Crippen molar-refractivity contribution in [1.82, 2.24) is 4.57 Å². The molecule has 4 aromatic rings. The van der Waals surface area contributed by atoms with Crippen LogP contribution in [0, 0.1) is 0 Å². The number of hydrogen-bond acceptors (Lipinski definition) is 5. The molecule has 1 heterocycles. The molecule has 4 rings (SSSR count). The van der Waals surface area contributed by atoms with E-state index < -0.39 is 24.5 Å². The van der Waals surface area contributed by atoms with Gasteiger partial charge in [0.15, 0.2) is 11.5 Å². The number of aromatic nitrogens is 1. The Balaban J connectivity index is 1.56. The Hall–Kier alpha value is -4.07. The normalized spacial score (nSPS) is 12.1. The van der Waals surface area contributed by atoms with Crippen LogP contribution >= 0.6 is 0 Å². The van der Waals surface area contributed by atoms with E-state index in [1.807, 2.05) is 0 Å². The van der Waals surface area contributed by atoms with E-state index in [4.69, 9.17) is 4.74 Å². The largest absolute Gasteiger partial charge is 0.453 e. The van der Waals surface area contributed by atoms with Gasteiger partial charge in [0.05, 0.1) is 11.0 Å². The van der Waals surface area contributed by atoms with Crippen LogP contribution in [0.3, 0.4) is 0 Å². The van der Waals surface area contributed by atoms with E-state index in [0.717, 1.165) is 0 Å². The molecule has 0 saturated carbocycles. The summed E-state index contributed by atoms with van der Waals surface area (Å²) in [5.41, 5.74) is 1.21. The van der Waals surface area contributed by atoms with Crippen LogP contribution in [0.4, 0.5) is 8.78 Å². The molecule has 0 saturated heterocycles. The Morgan fingerprint density at radius 2 is 1.42 bits per heavy atom. The number of ether oxygens (including phenoxy) is 2. The van der Waals surface area contributed by atoms with Crippen molar-refractivity contribution in [3.8, 4) is 5.75 Å². The summed E-state index contributed by atoms with van der Waals surface area (Å²) < 4.78 is 35.9. The minimum atomic E-state index is -2.97. The number of carbonyl (C=O) groups is 2. The number of hydrogen-bond donors (Lipinski definition) is 0. The Labute approximate surface area is 187 Å². The van der Waals surface area contributed by atoms with Crippen LogP contribution in [0.15, 0.2) is 77.6 Å². The lowest BCUT2D eigenvalue weighted by Crippen LogP contribution is -2.27. The van der Waals surface area contributed by atoms with Gasteiger partial charge in [0.2, 0.25) is 5.78 Å². The number of Topliss-reactive ketones (excluding diaryl/α,β-unsaturated/α-hetero) is 1. The fraction of sp³-hybridized carbons (Fsp3) is 0.160. The Morgan fingerprint density at radius 1 is 0.879 bits per heavy atom. The molecule has 168 valence electrons. The van der Waals surface area contributed by atoms with Gasteiger partial charge in [0, 0.05) is 16.3 Å². The summed E-state index contributed by atoms with van der Waals surface area (Å²) in [4.78, 5) is 38.2. The van der Waals surface area contributed by atoms with E-state index in [0.29, 0.717) is 21.8 Å². The molecule has 1 aromatic heterocycles. The third kappa shape index (κ3) is 4.59. The quantitative estimate of drug-likeness (QED) is 0.234. The van der Waals surface area contributed by atoms with Crippen LogP contribution in [0.5, 0.6) is 5.75 Å². The monoisotopic (exact) mass is 451 g/mol. The molecule has 0 fully saturated rings. The van der Waals surface area contributed by atoms with Gasteiger partial charge in [-0.25, -0.2) is 0 Å². The number of fused-ring (bicyclic) bond motifs is 2. The van der Waals surface area contributed by atoms with E-state index in [-0.39, 0.29) is 23.3 Å². The zero-order valence-electron chi connectivity index (χ0n) is 17.5. The van der Waals surface area contributed by atoms with E-state index in [9.17, 15) is 23.2 Å². The number of halogens is 2. The molecule has 0 spiro atoms. The summed E-state index contributed by atoms with van der Waals surface area (Å²) in [5.74, 6) is -1.22. The highest BCUT2D eigenvalue weighted by atomic mass is 19.3. The van der Waals surface area contributed by atoms with Gasteiger partial charge >= 0.3 is 12.6 Å². The van der Waals surface area contributed by atoms with Gasteiger partial charge in [-0.1, -0.05) is 24.3 Å². The molecule has 1 unspecified atom stereocenters. The zero-order chi connectivity index (χ0) is 23.5. The summed E-state index contributed by atoms with van der Waals surface area (Å²) >= 11 is 0. The molecule has 1 atom stereocenters. The number of esters is 1. The van der Waals surface area contributed by atoms with Crippen LogP contribution in [0.2, 0.25) is 0 Å². The van der Waals surface area contributed by atoms with Crippen molar-refractivity contribution in [1.29, 1.82) is 0 Å². The second-order valence-electron chi connectivity index (χ2n) is 7.35. The van der Waals surface area contributed by atoms with Gasteiger partial charge in [0.25, 0.3) is 0 Å². The molecule has 0 amide bonds. The van der Waals surface area contributed by atoms with Gasteiger partial charge in [-0.2, -0.15) is 8.78 Å². The standard InChI is InChI=1S/C25H19F2NO5/c1-15(23(30)16-10-12-17(13-11-16)33-25(26)27)32-22(29)14-28-20-8-4-2-6-18(20)24(31)19-7-3-5-9-21(19)28/h2-13,15,25H,14H2,1H3. The summed E-state index contributed by atoms with van der Waals surface area (Å²) in [7, 11) is 0. The lowest BCUT2D eigenvalue weighted by Gasteiger charge is -2.17. The van der Waals surface area contributed by atoms with Crippen molar-refractivity contribution >= 4 is 33.6 Å². The molecular weight excluding hydrogens is 432 g/mol. The second kappa shape index (κ2) is 9.20. The highest BCUT2D eigenvalue weighted by Gasteiger charge is 2.21. The van der Waals surface area contributed by atoms with Crippen molar-refractivity contribution in [2.75, 3.05) is 0 Å². The molecule has 0 N–H and O–H groups in total. The molecule has 0 aliphatic carbocycles. The third-order valence-electron chi connectivity index (χ3n) is 5.21. The van der Waals surface area contributed by atoms with Crippen molar-refractivity contribution in [2.45, 2.75) is 26.2 Å². The van der Waals surface area contributed by atoms with Crippen LogP contribution in [0.25, 0.3) is 21.8 Å². The van der Waals surface area contributed by atoms with Crippen LogP contribution in [0.1, 0.15) is 17.3 Å². The number of nitrogens with zero attached hydrogens (tertiary/aromatic N) is 1. The summed E-state index contributed by atoms with van der Waals surface area (Å²) in [6.45, 7) is -1.74. The molecule has 0 radical (unpaired) electrons. The highest BCUT2D eigenvalue weighted by molar-refractivity contribution is 6.00. The van der Waals surface area contributed by atoms with Crippen molar-refractivity contribution < 1.29 is 27.8 Å². The van der Waals surface area contributed by atoms with Crippen molar-refractivity contribution in [3.63, 3.8) is 0 Å². The number of alkyl halides is 2. The Kier molecular flexibility index (Phi) is 6.17. The van der Waals surface area contributed by atoms with Gasteiger partial charge < -0.3 is 14.0 Å². The highest BCUT2D eigenvalue weighted by Crippen LogP contribution is 2.20. The molecule has 6 nitrogen and oxygen atoms in total.